The average molecular weight is 352 g/mol. The molecule has 0 bridgehead atoms. The molecule has 132 valence electrons. The van der Waals surface area contributed by atoms with Crippen molar-refractivity contribution in [3.05, 3.63) is 64.3 Å². The highest BCUT2D eigenvalue weighted by Crippen LogP contribution is 2.21. The van der Waals surface area contributed by atoms with Crippen LogP contribution < -0.4 is 10.1 Å². The molecule has 0 aliphatic rings. The smallest absolute Gasteiger partial charge is 0.269 e. The molecule has 0 aliphatic carbocycles. The van der Waals surface area contributed by atoms with Gasteiger partial charge in [0.15, 0.2) is 11.6 Å². The number of benzene rings is 1. The Morgan fingerprint density at radius 1 is 1.35 bits per heavy atom. The van der Waals surface area contributed by atoms with Crippen molar-refractivity contribution >= 4 is 23.5 Å². The van der Waals surface area contributed by atoms with Crippen molar-refractivity contribution in [2.75, 3.05) is 11.9 Å². The quantitative estimate of drug-likeness (QED) is 0.337. The zero-order valence-electron chi connectivity index (χ0n) is 13.8. The predicted octanol–water partition coefficient (Wildman–Crippen LogP) is 3.32. The van der Waals surface area contributed by atoms with Crippen LogP contribution in [0.5, 0.6) is 5.75 Å². The van der Waals surface area contributed by atoms with Gasteiger partial charge >= 0.3 is 0 Å². The van der Waals surface area contributed by atoms with Crippen LogP contribution >= 0.6 is 0 Å². The maximum absolute atomic E-state index is 12.0. The minimum atomic E-state index is -0.487. The molecule has 1 aromatic carbocycles. The second-order valence-corrected chi connectivity index (χ2v) is 5.13. The topological polar surface area (TPSA) is 118 Å². The number of carbonyl (C=O) groups is 1. The van der Waals surface area contributed by atoms with Crippen LogP contribution in [0, 0.1) is 21.4 Å². The molecule has 2 aromatic rings. The molecule has 8 nitrogen and oxygen atoms in total. The highest BCUT2D eigenvalue weighted by atomic mass is 16.6. The van der Waals surface area contributed by atoms with Crippen LogP contribution in [-0.4, -0.2) is 22.4 Å². The van der Waals surface area contributed by atoms with Crippen LogP contribution in [0.15, 0.2) is 48.7 Å². The number of nitro groups is 1. The van der Waals surface area contributed by atoms with Crippen molar-refractivity contribution in [1.82, 2.24) is 4.98 Å². The van der Waals surface area contributed by atoms with E-state index in [-0.39, 0.29) is 11.5 Å². The van der Waals surface area contributed by atoms with Crippen molar-refractivity contribution in [3.63, 3.8) is 0 Å². The average Bonchev–Trinajstić information content (AvgIpc) is 2.65. The summed E-state index contributed by atoms with van der Waals surface area (Å²) in [5.41, 5.74) is 0.637. The molecule has 2 rings (SSSR count). The maximum atomic E-state index is 12.0. The second kappa shape index (κ2) is 9.54. The van der Waals surface area contributed by atoms with E-state index in [2.05, 4.69) is 10.3 Å². The first kappa shape index (κ1) is 18.6. The number of pyridine rings is 1. The van der Waals surface area contributed by atoms with Gasteiger partial charge in [-0.05, 0) is 42.3 Å². The summed E-state index contributed by atoms with van der Waals surface area (Å²) in [7, 11) is 0. The van der Waals surface area contributed by atoms with Crippen LogP contribution in [0.25, 0.3) is 6.08 Å². The lowest BCUT2D eigenvalue weighted by molar-refractivity contribution is -0.384. The third-order valence-electron chi connectivity index (χ3n) is 3.23. The van der Waals surface area contributed by atoms with E-state index in [0.717, 1.165) is 0 Å². The van der Waals surface area contributed by atoms with E-state index in [0.29, 0.717) is 30.8 Å². The zero-order chi connectivity index (χ0) is 18.8. The molecule has 1 N–H and O–H groups in total. The number of anilines is 1. The van der Waals surface area contributed by atoms with Gasteiger partial charge in [0.25, 0.3) is 5.69 Å². The van der Waals surface area contributed by atoms with Gasteiger partial charge in [0.1, 0.15) is 0 Å². The van der Waals surface area contributed by atoms with Crippen molar-refractivity contribution in [2.24, 2.45) is 0 Å². The van der Waals surface area contributed by atoms with Gasteiger partial charge in [-0.2, -0.15) is 5.26 Å². The molecule has 0 fully saturated rings. The molecule has 8 heteroatoms. The number of carbonyl (C=O) groups excluding carboxylic acids is 1. The Morgan fingerprint density at radius 3 is 2.81 bits per heavy atom. The van der Waals surface area contributed by atoms with Crippen LogP contribution in [0.4, 0.5) is 11.5 Å². The summed E-state index contributed by atoms with van der Waals surface area (Å²) < 4.78 is 5.52. The van der Waals surface area contributed by atoms with Crippen molar-refractivity contribution in [2.45, 2.75) is 12.8 Å². The monoisotopic (exact) mass is 352 g/mol. The number of ether oxygens (including phenoxy) is 1. The number of nitrogens with one attached hydrogen (secondary N) is 1. The maximum Gasteiger partial charge on any atom is 0.269 e. The van der Waals surface area contributed by atoms with Crippen LogP contribution in [-0.2, 0) is 4.79 Å². The molecule has 26 heavy (non-hydrogen) atoms. The fourth-order valence-electron chi connectivity index (χ4n) is 1.97. The van der Waals surface area contributed by atoms with Crippen molar-refractivity contribution in [3.8, 4) is 11.8 Å². The van der Waals surface area contributed by atoms with E-state index in [9.17, 15) is 14.9 Å². The number of amides is 1. The first-order chi connectivity index (χ1) is 12.6. The Hall–Kier alpha value is -3.73. The van der Waals surface area contributed by atoms with E-state index in [1.807, 2.05) is 6.07 Å². The highest BCUT2D eigenvalue weighted by Gasteiger charge is 2.07. The molecule has 1 heterocycles. The Morgan fingerprint density at radius 2 is 2.12 bits per heavy atom. The van der Waals surface area contributed by atoms with Crippen LogP contribution in [0.1, 0.15) is 18.4 Å². The van der Waals surface area contributed by atoms with Gasteiger partial charge in [0.05, 0.1) is 17.6 Å². The zero-order valence-corrected chi connectivity index (χ0v) is 13.8. The molecule has 0 unspecified atom stereocenters. The third kappa shape index (κ3) is 5.72. The largest absolute Gasteiger partial charge is 0.490 e. The summed E-state index contributed by atoms with van der Waals surface area (Å²) in [4.78, 5) is 26.2. The summed E-state index contributed by atoms with van der Waals surface area (Å²) in [6.07, 6.45) is 5.33. The number of aromatic nitrogens is 1. The molecular weight excluding hydrogens is 336 g/mol. The summed E-state index contributed by atoms with van der Waals surface area (Å²) in [6, 6.07) is 11.2. The molecule has 0 saturated carbocycles. The fourth-order valence-corrected chi connectivity index (χ4v) is 1.97. The number of nitrogens with zero attached hydrogens (tertiary/aromatic N) is 3. The lowest BCUT2D eigenvalue weighted by atomic mass is 10.2. The van der Waals surface area contributed by atoms with Gasteiger partial charge in [-0.1, -0.05) is 0 Å². The van der Waals surface area contributed by atoms with E-state index in [4.69, 9.17) is 10.00 Å². The number of unbranched alkanes of at least 4 members (excludes halogenated alkanes) is 1. The van der Waals surface area contributed by atoms with Gasteiger partial charge < -0.3 is 10.1 Å². The SMILES string of the molecule is N#CCCCOc1cccnc1NC(=O)/C=C/c1ccc([N+](=O)[O-])cc1. The Kier molecular flexibility index (Phi) is 6.83. The van der Waals surface area contributed by atoms with Gasteiger partial charge in [-0.3, -0.25) is 14.9 Å². The van der Waals surface area contributed by atoms with E-state index in [1.54, 1.807) is 24.3 Å². The van der Waals surface area contributed by atoms with E-state index < -0.39 is 10.8 Å². The molecule has 0 radical (unpaired) electrons. The number of rotatable bonds is 8. The van der Waals surface area contributed by atoms with Crippen molar-refractivity contribution < 1.29 is 14.5 Å². The van der Waals surface area contributed by atoms with Crippen LogP contribution in [0.3, 0.4) is 0 Å². The van der Waals surface area contributed by atoms with Crippen LogP contribution in [0.2, 0.25) is 0 Å². The summed E-state index contributed by atoms with van der Waals surface area (Å²) in [5.74, 6) is 0.286. The van der Waals surface area contributed by atoms with Gasteiger partial charge in [-0.25, -0.2) is 4.98 Å². The third-order valence-corrected chi connectivity index (χ3v) is 3.23. The van der Waals surface area contributed by atoms with E-state index in [1.165, 1.54) is 30.5 Å². The normalized spacial score (nSPS) is 10.3. The lowest BCUT2D eigenvalue weighted by Crippen LogP contribution is -2.11. The van der Waals surface area contributed by atoms with Gasteiger partial charge in [-0.15, -0.1) is 0 Å². The molecule has 1 amide bonds. The number of hydrogen-bond donors (Lipinski definition) is 1. The molecule has 0 aliphatic heterocycles. The van der Waals surface area contributed by atoms with Gasteiger partial charge in [0, 0.05) is 30.8 Å². The number of nitro benzene ring substituents is 1. The number of hydrogen-bond acceptors (Lipinski definition) is 6. The molecule has 1 aromatic heterocycles. The number of nitriles is 1. The highest BCUT2D eigenvalue weighted by molar-refractivity contribution is 6.02. The molecule has 0 atom stereocenters. The lowest BCUT2D eigenvalue weighted by Gasteiger charge is -2.09. The number of non-ortho nitro benzene ring substituents is 1. The predicted molar refractivity (Wildman–Crippen MR) is 95.3 cm³/mol. The van der Waals surface area contributed by atoms with E-state index >= 15 is 0 Å². The minimum absolute atomic E-state index is 0.0155. The van der Waals surface area contributed by atoms with Gasteiger partial charge in [0.2, 0.25) is 5.91 Å². The summed E-state index contributed by atoms with van der Waals surface area (Å²) >= 11 is 0. The first-order valence-electron chi connectivity index (χ1n) is 7.78. The molecule has 0 saturated heterocycles. The minimum Gasteiger partial charge on any atom is -0.490 e. The fraction of sp³-hybridized carbons (Fsp3) is 0.167. The molecule has 0 spiro atoms. The molecular formula is C18H16N4O4. The Labute approximate surface area is 149 Å². The second-order valence-electron chi connectivity index (χ2n) is 5.13. The van der Waals surface area contributed by atoms with Crippen molar-refractivity contribution in [1.29, 1.82) is 5.26 Å². The Balaban J connectivity index is 1.96. The summed E-state index contributed by atoms with van der Waals surface area (Å²) in [6.45, 7) is 0.348. The first-order valence-corrected chi connectivity index (χ1v) is 7.78. The Bertz CT molecular complexity index is 841. The summed E-state index contributed by atoms with van der Waals surface area (Å²) in [5, 5.41) is 21.7. The standard InChI is InChI=1S/C18H16N4O4/c19-11-1-2-13-26-16-4-3-12-20-18(16)21-17(23)10-7-14-5-8-15(9-6-14)22(24)25/h3-10,12H,1-2,13H2,(H,20,21,23)/b10-7+.